The lowest BCUT2D eigenvalue weighted by atomic mass is 10.3. The van der Waals surface area contributed by atoms with Crippen LogP contribution < -0.4 is 10.1 Å². The fraction of sp³-hybridized carbons (Fsp3) is 0.600. The molecule has 1 N–H and O–H groups in total. The highest BCUT2D eigenvalue weighted by atomic mass is 16.5. The van der Waals surface area contributed by atoms with Gasteiger partial charge in [-0.15, -0.1) is 0 Å². The quantitative estimate of drug-likeness (QED) is 0.832. The molecule has 2 rings (SSSR count). The summed E-state index contributed by atoms with van der Waals surface area (Å²) in [6.45, 7) is 6.63. The van der Waals surface area contributed by atoms with E-state index in [-0.39, 0.29) is 6.03 Å². The van der Waals surface area contributed by atoms with Gasteiger partial charge in [0, 0.05) is 31.9 Å². The van der Waals surface area contributed by atoms with Crippen molar-refractivity contribution in [2.75, 3.05) is 19.7 Å². The topological polar surface area (TPSA) is 54.5 Å². The second-order valence-electron chi connectivity index (χ2n) is 5.09. The summed E-state index contributed by atoms with van der Waals surface area (Å²) in [5.41, 5.74) is 0.976. The number of carbonyl (C=O) groups excluding carboxylic acids is 1. The molecule has 5 nitrogen and oxygen atoms in total. The Hall–Kier alpha value is -1.78. The number of rotatable bonds is 7. The predicted molar refractivity (Wildman–Crippen MR) is 77.6 cm³/mol. The van der Waals surface area contributed by atoms with Crippen molar-refractivity contribution in [2.45, 2.75) is 33.2 Å². The fourth-order valence-corrected chi connectivity index (χ4v) is 1.89. The van der Waals surface area contributed by atoms with Crippen molar-refractivity contribution < 1.29 is 9.53 Å². The Bertz CT molecular complexity index is 425. The minimum absolute atomic E-state index is 0.0379. The first-order valence-electron chi connectivity index (χ1n) is 7.33. The van der Waals surface area contributed by atoms with Crippen LogP contribution in [0.1, 0.15) is 32.3 Å². The molecule has 110 valence electrons. The van der Waals surface area contributed by atoms with Gasteiger partial charge in [0.2, 0.25) is 5.88 Å². The Labute approximate surface area is 120 Å². The molecule has 5 heteroatoms. The van der Waals surface area contributed by atoms with E-state index < -0.39 is 0 Å². The summed E-state index contributed by atoms with van der Waals surface area (Å²) in [5, 5.41) is 2.89. The summed E-state index contributed by atoms with van der Waals surface area (Å²) in [7, 11) is 0. The van der Waals surface area contributed by atoms with Crippen LogP contribution in [-0.2, 0) is 6.54 Å². The number of hydrogen-bond donors (Lipinski definition) is 1. The molecular weight excluding hydrogens is 254 g/mol. The number of nitrogens with one attached hydrogen (secondary N) is 1. The molecule has 1 fully saturated rings. The summed E-state index contributed by atoms with van der Waals surface area (Å²) in [6, 6.07) is 3.77. The molecule has 1 saturated carbocycles. The molecule has 2 amide bonds. The van der Waals surface area contributed by atoms with Crippen molar-refractivity contribution in [2.24, 2.45) is 5.92 Å². The van der Waals surface area contributed by atoms with Gasteiger partial charge in [0.15, 0.2) is 0 Å². The van der Waals surface area contributed by atoms with Crippen LogP contribution >= 0.6 is 0 Å². The van der Waals surface area contributed by atoms with Crippen LogP contribution in [0.3, 0.4) is 0 Å². The summed E-state index contributed by atoms with van der Waals surface area (Å²) < 4.78 is 5.58. The Morgan fingerprint density at radius 3 is 2.70 bits per heavy atom. The van der Waals surface area contributed by atoms with Gasteiger partial charge in [-0.1, -0.05) is 6.07 Å². The van der Waals surface area contributed by atoms with Gasteiger partial charge in [-0.2, -0.15) is 0 Å². The third-order valence-electron chi connectivity index (χ3n) is 3.46. The third kappa shape index (κ3) is 4.40. The van der Waals surface area contributed by atoms with Gasteiger partial charge in [-0.05, 0) is 38.2 Å². The van der Waals surface area contributed by atoms with Gasteiger partial charge in [0.05, 0.1) is 6.61 Å². The van der Waals surface area contributed by atoms with E-state index in [2.05, 4.69) is 10.3 Å². The van der Waals surface area contributed by atoms with Crippen molar-refractivity contribution in [3.05, 3.63) is 23.9 Å². The molecule has 1 aliphatic rings. The number of amides is 2. The van der Waals surface area contributed by atoms with Crippen LogP contribution in [0.25, 0.3) is 0 Å². The SMILES string of the molecule is CCN(CC)C(=O)NCc1ccc(OCC2CC2)nc1. The van der Waals surface area contributed by atoms with E-state index in [0.29, 0.717) is 25.5 Å². The van der Waals surface area contributed by atoms with E-state index >= 15 is 0 Å². The van der Waals surface area contributed by atoms with Crippen LogP contribution in [-0.4, -0.2) is 35.6 Å². The van der Waals surface area contributed by atoms with Gasteiger partial charge in [-0.25, -0.2) is 9.78 Å². The van der Waals surface area contributed by atoms with E-state index in [1.54, 1.807) is 11.1 Å². The second-order valence-corrected chi connectivity index (χ2v) is 5.09. The second kappa shape index (κ2) is 7.12. The minimum Gasteiger partial charge on any atom is -0.477 e. The first-order valence-corrected chi connectivity index (χ1v) is 7.33. The zero-order chi connectivity index (χ0) is 14.4. The molecule has 0 atom stereocenters. The average Bonchev–Trinajstić information content (AvgIpc) is 3.29. The number of hydrogen-bond acceptors (Lipinski definition) is 3. The molecule has 0 spiro atoms. The molecule has 0 aromatic carbocycles. The van der Waals surface area contributed by atoms with Crippen molar-refractivity contribution in [1.29, 1.82) is 0 Å². The standard InChI is InChI=1S/C15H23N3O2/c1-3-18(4-2)15(19)17-10-13-7-8-14(16-9-13)20-11-12-5-6-12/h7-9,12H,3-6,10-11H2,1-2H3,(H,17,19). The average molecular weight is 277 g/mol. The maximum Gasteiger partial charge on any atom is 0.317 e. The minimum atomic E-state index is -0.0379. The predicted octanol–water partition coefficient (Wildman–Crippen LogP) is 2.42. The molecule has 0 unspecified atom stereocenters. The monoisotopic (exact) mass is 277 g/mol. The number of urea groups is 1. The first kappa shape index (κ1) is 14.6. The number of aromatic nitrogens is 1. The Morgan fingerprint density at radius 2 is 2.15 bits per heavy atom. The molecule has 20 heavy (non-hydrogen) atoms. The highest BCUT2D eigenvalue weighted by Gasteiger charge is 2.22. The Balaban J connectivity index is 1.76. The van der Waals surface area contributed by atoms with E-state index in [1.165, 1.54) is 12.8 Å². The van der Waals surface area contributed by atoms with Crippen LogP contribution in [0.2, 0.25) is 0 Å². The maximum atomic E-state index is 11.8. The molecule has 0 saturated heterocycles. The molecule has 0 aliphatic heterocycles. The van der Waals surface area contributed by atoms with Gasteiger partial charge < -0.3 is 15.0 Å². The molecular formula is C15H23N3O2. The highest BCUT2D eigenvalue weighted by molar-refractivity contribution is 5.74. The van der Waals surface area contributed by atoms with Crippen molar-refractivity contribution in [3.63, 3.8) is 0 Å². The number of pyridine rings is 1. The lowest BCUT2D eigenvalue weighted by Gasteiger charge is -2.19. The van der Waals surface area contributed by atoms with Gasteiger partial charge in [0.25, 0.3) is 0 Å². The number of nitrogens with zero attached hydrogens (tertiary/aromatic N) is 2. The van der Waals surface area contributed by atoms with E-state index in [4.69, 9.17) is 4.74 Å². The third-order valence-corrected chi connectivity index (χ3v) is 3.46. The van der Waals surface area contributed by atoms with Crippen molar-refractivity contribution >= 4 is 6.03 Å². The summed E-state index contributed by atoms with van der Waals surface area (Å²) in [5.74, 6) is 1.39. The number of carbonyl (C=O) groups is 1. The summed E-state index contributed by atoms with van der Waals surface area (Å²) in [6.07, 6.45) is 4.30. The first-order chi connectivity index (χ1) is 9.72. The lowest BCUT2D eigenvalue weighted by molar-refractivity contribution is 0.203. The fourth-order valence-electron chi connectivity index (χ4n) is 1.89. The molecule has 1 aromatic heterocycles. The summed E-state index contributed by atoms with van der Waals surface area (Å²) >= 11 is 0. The smallest absolute Gasteiger partial charge is 0.317 e. The Morgan fingerprint density at radius 1 is 1.40 bits per heavy atom. The molecule has 1 aliphatic carbocycles. The van der Waals surface area contributed by atoms with Crippen LogP contribution in [0.15, 0.2) is 18.3 Å². The molecule has 0 bridgehead atoms. The van der Waals surface area contributed by atoms with E-state index in [0.717, 1.165) is 18.1 Å². The maximum absolute atomic E-state index is 11.8. The van der Waals surface area contributed by atoms with Gasteiger partial charge in [0.1, 0.15) is 0 Å². The normalized spacial score (nSPS) is 13.9. The Kier molecular flexibility index (Phi) is 5.21. The van der Waals surface area contributed by atoms with Crippen molar-refractivity contribution in [1.82, 2.24) is 15.2 Å². The van der Waals surface area contributed by atoms with Gasteiger partial charge in [-0.3, -0.25) is 0 Å². The van der Waals surface area contributed by atoms with Crippen LogP contribution in [0, 0.1) is 5.92 Å². The van der Waals surface area contributed by atoms with Crippen LogP contribution in [0.5, 0.6) is 5.88 Å². The molecule has 0 radical (unpaired) electrons. The van der Waals surface area contributed by atoms with Crippen molar-refractivity contribution in [3.8, 4) is 5.88 Å². The van der Waals surface area contributed by atoms with Crippen LogP contribution in [0.4, 0.5) is 4.79 Å². The summed E-state index contributed by atoms with van der Waals surface area (Å²) in [4.78, 5) is 17.8. The lowest BCUT2D eigenvalue weighted by Crippen LogP contribution is -2.39. The van der Waals surface area contributed by atoms with Gasteiger partial charge >= 0.3 is 6.03 Å². The largest absolute Gasteiger partial charge is 0.477 e. The molecule has 1 heterocycles. The van der Waals surface area contributed by atoms with E-state index in [1.807, 2.05) is 26.0 Å². The highest BCUT2D eigenvalue weighted by Crippen LogP contribution is 2.29. The van der Waals surface area contributed by atoms with E-state index in [9.17, 15) is 4.79 Å². The zero-order valence-corrected chi connectivity index (χ0v) is 12.3. The molecule has 1 aromatic rings. The number of ether oxygens (including phenoxy) is 1. The zero-order valence-electron chi connectivity index (χ0n) is 12.3.